The van der Waals surface area contributed by atoms with Crippen molar-refractivity contribution < 1.29 is 0 Å². The van der Waals surface area contributed by atoms with Gasteiger partial charge in [-0.15, -0.1) is 0 Å². The van der Waals surface area contributed by atoms with Crippen molar-refractivity contribution in [1.82, 2.24) is 4.67 Å². The van der Waals surface area contributed by atoms with Gasteiger partial charge in [0.05, 0.1) is 0 Å². The highest BCUT2D eigenvalue weighted by molar-refractivity contribution is 7.13. The summed E-state index contributed by atoms with van der Waals surface area (Å²) in [5, 5.41) is 0. The molecule has 2 N–H and O–H groups in total. The fourth-order valence-electron chi connectivity index (χ4n) is 1.04. The van der Waals surface area contributed by atoms with E-state index < -0.39 is 0 Å². The van der Waals surface area contributed by atoms with Crippen LogP contribution in [0, 0.1) is 0 Å². The van der Waals surface area contributed by atoms with E-state index in [0.717, 1.165) is 6.54 Å². The minimum Gasteiger partial charge on any atom is -0.327 e. The third-order valence-electron chi connectivity index (χ3n) is 1.49. The second kappa shape index (κ2) is 2.77. The highest BCUT2D eigenvalue weighted by Gasteiger charge is 2.11. The Kier molecular flexibility index (Phi) is 2.24. The van der Waals surface area contributed by atoms with Crippen LogP contribution in [-0.2, 0) is 0 Å². The Bertz CT molecular complexity index is 68.8. The Morgan fingerprint density at radius 3 is 2.75 bits per heavy atom. The zero-order valence-electron chi connectivity index (χ0n) is 5.01. The molecule has 1 aliphatic heterocycles. The Morgan fingerprint density at radius 1 is 1.62 bits per heavy atom. The van der Waals surface area contributed by atoms with Crippen LogP contribution in [0.25, 0.3) is 0 Å². The highest BCUT2D eigenvalue weighted by Crippen LogP contribution is 2.10. The molecule has 0 radical (unpaired) electrons. The predicted octanol–water partition coefficient (Wildman–Crippen LogP) is 0.200. The maximum atomic E-state index is 5.67. The topological polar surface area (TPSA) is 29.3 Å². The van der Waals surface area contributed by atoms with E-state index in [4.69, 9.17) is 5.73 Å². The van der Waals surface area contributed by atoms with Gasteiger partial charge in [-0.05, 0) is 12.8 Å². The zero-order valence-corrected chi connectivity index (χ0v) is 6.16. The van der Waals surface area contributed by atoms with Gasteiger partial charge < -0.3 is 5.73 Å². The molecule has 1 unspecified atom stereocenters. The number of hydrogen-bond acceptors (Lipinski definition) is 2. The molecule has 1 rings (SSSR count). The maximum Gasteiger partial charge on any atom is 0.0171 e. The van der Waals surface area contributed by atoms with Crippen molar-refractivity contribution in [2.75, 3.05) is 13.1 Å². The fourth-order valence-corrected chi connectivity index (χ4v) is 1.49. The lowest BCUT2D eigenvalue weighted by molar-refractivity contribution is 0.341. The monoisotopic (exact) mass is 132 g/mol. The second-order valence-corrected chi connectivity index (χ2v) is 3.13. The minimum absolute atomic E-state index is 0.418. The molecule has 0 spiro atoms. The molecule has 0 aromatic carbocycles. The summed E-state index contributed by atoms with van der Waals surface area (Å²) in [6.45, 7) is 2.24. The van der Waals surface area contributed by atoms with Gasteiger partial charge in [-0.25, -0.2) is 0 Å². The van der Waals surface area contributed by atoms with Gasteiger partial charge in [-0.2, -0.15) is 0 Å². The quantitative estimate of drug-likeness (QED) is 0.477. The third-order valence-corrected chi connectivity index (χ3v) is 1.96. The molecule has 0 amide bonds. The van der Waals surface area contributed by atoms with Crippen molar-refractivity contribution in [2.45, 2.75) is 18.9 Å². The molecule has 8 heavy (non-hydrogen) atoms. The normalized spacial score (nSPS) is 33.0. The summed E-state index contributed by atoms with van der Waals surface area (Å²) in [7, 11) is 2.68. The number of piperidine rings is 1. The maximum absolute atomic E-state index is 5.67. The first kappa shape index (κ1) is 6.47. The van der Waals surface area contributed by atoms with E-state index in [1.165, 1.54) is 19.4 Å². The summed E-state index contributed by atoms with van der Waals surface area (Å²) in [4.78, 5) is 0. The number of nitrogens with zero attached hydrogens (tertiary/aromatic N) is 1. The first-order chi connectivity index (χ1) is 3.79. The number of rotatable bonds is 0. The molecule has 0 aromatic rings. The van der Waals surface area contributed by atoms with E-state index in [1.54, 1.807) is 0 Å². The molecule has 3 heteroatoms. The zero-order chi connectivity index (χ0) is 5.98. The molecule has 2 nitrogen and oxygen atoms in total. The van der Waals surface area contributed by atoms with E-state index in [2.05, 4.69) is 14.1 Å². The number of hydrogen-bond donors (Lipinski definition) is 1. The van der Waals surface area contributed by atoms with Crippen LogP contribution in [0.15, 0.2) is 0 Å². The lowest BCUT2D eigenvalue weighted by atomic mass is 10.1. The van der Waals surface area contributed by atoms with Crippen LogP contribution >= 0.6 is 9.39 Å². The SMILES string of the molecule is N[C@@H]1CCCN(P)C1. The molecule has 1 aliphatic rings. The van der Waals surface area contributed by atoms with Crippen molar-refractivity contribution in [2.24, 2.45) is 5.73 Å². The van der Waals surface area contributed by atoms with Crippen LogP contribution in [0.2, 0.25) is 0 Å². The van der Waals surface area contributed by atoms with Gasteiger partial charge in [0.25, 0.3) is 0 Å². The van der Waals surface area contributed by atoms with E-state index in [-0.39, 0.29) is 0 Å². The molecule has 0 bridgehead atoms. The van der Waals surface area contributed by atoms with Crippen LogP contribution < -0.4 is 5.73 Å². The average molecular weight is 132 g/mol. The molecule has 1 fully saturated rings. The molecular formula is C5H13N2P. The predicted molar refractivity (Wildman–Crippen MR) is 38.5 cm³/mol. The largest absolute Gasteiger partial charge is 0.327 e. The Hall–Kier alpha value is 0.350. The summed E-state index contributed by atoms with van der Waals surface area (Å²) >= 11 is 0. The third kappa shape index (κ3) is 1.70. The Labute approximate surface area is 52.7 Å². The Morgan fingerprint density at radius 2 is 2.38 bits per heavy atom. The lowest BCUT2D eigenvalue weighted by Crippen LogP contribution is -2.37. The van der Waals surface area contributed by atoms with Gasteiger partial charge in [0.2, 0.25) is 0 Å². The molecule has 0 saturated carbocycles. The van der Waals surface area contributed by atoms with Crippen molar-refractivity contribution >= 4 is 9.39 Å². The van der Waals surface area contributed by atoms with Gasteiger partial charge in [-0.1, -0.05) is 9.39 Å². The summed E-state index contributed by atoms with van der Waals surface area (Å²) in [5.74, 6) is 0. The van der Waals surface area contributed by atoms with Gasteiger partial charge in [0.1, 0.15) is 0 Å². The molecular weight excluding hydrogens is 119 g/mol. The van der Waals surface area contributed by atoms with E-state index in [9.17, 15) is 0 Å². The van der Waals surface area contributed by atoms with Crippen LogP contribution in [0.3, 0.4) is 0 Å². The summed E-state index contributed by atoms with van der Waals surface area (Å²) in [5.41, 5.74) is 5.67. The summed E-state index contributed by atoms with van der Waals surface area (Å²) in [6, 6.07) is 0.418. The number of nitrogens with two attached hydrogens (primary N) is 1. The Balaban J connectivity index is 2.23. The van der Waals surface area contributed by atoms with Crippen LogP contribution in [0.5, 0.6) is 0 Å². The molecule has 0 aromatic heterocycles. The summed E-state index contributed by atoms with van der Waals surface area (Å²) in [6.07, 6.45) is 2.45. The minimum atomic E-state index is 0.418. The van der Waals surface area contributed by atoms with Gasteiger partial charge >= 0.3 is 0 Å². The average Bonchev–Trinajstić information content (AvgIpc) is 1.64. The van der Waals surface area contributed by atoms with Crippen molar-refractivity contribution in [3.05, 3.63) is 0 Å². The highest BCUT2D eigenvalue weighted by atomic mass is 31.0. The fraction of sp³-hybridized carbons (Fsp3) is 1.00. The van der Waals surface area contributed by atoms with Crippen molar-refractivity contribution in [3.8, 4) is 0 Å². The lowest BCUT2D eigenvalue weighted by Gasteiger charge is -2.26. The van der Waals surface area contributed by atoms with Gasteiger partial charge in [0, 0.05) is 19.1 Å². The molecule has 1 heterocycles. The van der Waals surface area contributed by atoms with Crippen molar-refractivity contribution in [3.63, 3.8) is 0 Å². The van der Waals surface area contributed by atoms with Crippen LogP contribution in [-0.4, -0.2) is 23.8 Å². The molecule has 2 atom stereocenters. The smallest absolute Gasteiger partial charge is 0.0171 e. The first-order valence-electron chi connectivity index (χ1n) is 3.04. The van der Waals surface area contributed by atoms with Crippen LogP contribution in [0.1, 0.15) is 12.8 Å². The summed E-state index contributed by atoms with van der Waals surface area (Å²) < 4.78 is 2.20. The van der Waals surface area contributed by atoms with E-state index in [1.807, 2.05) is 0 Å². The van der Waals surface area contributed by atoms with E-state index >= 15 is 0 Å². The van der Waals surface area contributed by atoms with Gasteiger partial charge in [-0.3, -0.25) is 4.67 Å². The first-order valence-corrected chi connectivity index (χ1v) is 3.56. The van der Waals surface area contributed by atoms with Crippen LogP contribution in [0.4, 0.5) is 0 Å². The standard InChI is InChI=1S/C5H13N2P/c6-5-2-1-3-7(8)4-5/h5H,1-4,6,8H2/t5-/m1/s1. The van der Waals surface area contributed by atoms with Gasteiger partial charge in [0.15, 0.2) is 0 Å². The molecule has 0 aliphatic carbocycles. The molecule has 48 valence electrons. The van der Waals surface area contributed by atoms with E-state index in [0.29, 0.717) is 6.04 Å². The second-order valence-electron chi connectivity index (χ2n) is 2.40. The molecule has 1 saturated heterocycles. The van der Waals surface area contributed by atoms with Crippen molar-refractivity contribution in [1.29, 1.82) is 0 Å².